The predicted molar refractivity (Wildman–Crippen MR) is 95.7 cm³/mol. The van der Waals surface area contributed by atoms with Gasteiger partial charge in [0.25, 0.3) is 0 Å². The van der Waals surface area contributed by atoms with Crippen molar-refractivity contribution in [3.63, 3.8) is 0 Å². The van der Waals surface area contributed by atoms with Gasteiger partial charge in [-0.25, -0.2) is 9.18 Å². The smallest absolute Gasteiger partial charge is 0.408 e. The lowest BCUT2D eigenvalue weighted by Crippen LogP contribution is -2.51. The Balaban J connectivity index is 2.79. The summed E-state index contributed by atoms with van der Waals surface area (Å²) in [6, 6.07) is 6.44. The van der Waals surface area contributed by atoms with Gasteiger partial charge in [-0.2, -0.15) is 0 Å². The number of hydrogen-bond acceptors (Lipinski definition) is 4. The van der Waals surface area contributed by atoms with Gasteiger partial charge >= 0.3 is 6.09 Å². The van der Waals surface area contributed by atoms with E-state index < -0.39 is 17.2 Å². The first-order valence-corrected chi connectivity index (χ1v) is 8.14. The zero-order valence-electron chi connectivity index (χ0n) is 15.5. The maximum Gasteiger partial charge on any atom is 0.408 e. The Hall–Kier alpha value is -1.82. The molecular formula is C18H30FN3O2. The highest BCUT2D eigenvalue weighted by atomic mass is 19.1. The van der Waals surface area contributed by atoms with E-state index in [1.54, 1.807) is 25.2 Å². The van der Waals surface area contributed by atoms with E-state index in [0.29, 0.717) is 18.7 Å². The molecule has 0 saturated carbocycles. The summed E-state index contributed by atoms with van der Waals surface area (Å²) in [6.07, 6.45) is 0.0740. The number of ether oxygens (including phenoxy) is 1. The molecule has 1 aromatic carbocycles. The van der Waals surface area contributed by atoms with Crippen molar-refractivity contribution in [3.8, 4) is 0 Å². The second kappa shape index (κ2) is 7.83. The van der Waals surface area contributed by atoms with Crippen molar-refractivity contribution < 1.29 is 13.9 Å². The van der Waals surface area contributed by atoms with Gasteiger partial charge in [-0.15, -0.1) is 0 Å². The van der Waals surface area contributed by atoms with E-state index in [0.717, 1.165) is 0 Å². The minimum Gasteiger partial charge on any atom is -0.444 e. The fourth-order valence-electron chi connectivity index (χ4n) is 2.53. The summed E-state index contributed by atoms with van der Waals surface area (Å²) >= 11 is 0. The number of amides is 1. The van der Waals surface area contributed by atoms with Gasteiger partial charge < -0.3 is 20.7 Å². The van der Waals surface area contributed by atoms with Crippen LogP contribution in [-0.2, 0) is 4.74 Å². The van der Waals surface area contributed by atoms with Crippen molar-refractivity contribution in [2.24, 2.45) is 5.73 Å². The zero-order chi connectivity index (χ0) is 18.5. The molecule has 136 valence electrons. The Morgan fingerprint density at radius 2 is 1.88 bits per heavy atom. The molecule has 0 aliphatic carbocycles. The van der Waals surface area contributed by atoms with Gasteiger partial charge in [-0.3, -0.25) is 0 Å². The second-order valence-corrected chi connectivity index (χ2v) is 7.67. The first-order chi connectivity index (χ1) is 10.9. The Labute approximate surface area is 144 Å². The molecule has 0 aromatic heterocycles. The lowest BCUT2D eigenvalue weighted by atomic mass is 9.94. The van der Waals surface area contributed by atoms with Gasteiger partial charge in [0.15, 0.2) is 0 Å². The Kier molecular flexibility index (Phi) is 6.60. The summed E-state index contributed by atoms with van der Waals surface area (Å²) < 4.78 is 19.3. The van der Waals surface area contributed by atoms with E-state index in [4.69, 9.17) is 10.5 Å². The largest absolute Gasteiger partial charge is 0.444 e. The molecule has 0 bridgehead atoms. The predicted octanol–water partition coefficient (Wildman–Crippen LogP) is 3.28. The number of nitrogens with one attached hydrogen (secondary N) is 1. The molecule has 0 fully saturated rings. The van der Waals surface area contributed by atoms with E-state index in [2.05, 4.69) is 5.32 Å². The standard InChI is InChI=1S/C18H30FN3O2/c1-17(2,3)24-16(23)21-18(4,5)11-13(12-20)22(6)15-10-8-7-9-14(15)19/h7-10,13H,11-12,20H2,1-6H3,(H,21,23). The van der Waals surface area contributed by atoms with E-state index in [-0.39, 0.29) is 11.9 Å². The van der Waals surface area contributed by atoms with Gasteiger partial charge in [0.2, 0.25) is 0 Å². The molecule has 1 unspecified atom stereocenters. The van der Waals surface area contributed by atoms with Crippen LogP contribution in [0.4, 0.5) is 14.9 Å². The Morgan fingerprint density at radius 3 is 2.38 bits per heavy atom. The maximum atomic E-state index is 14.0. The number of nitrogens with zero attached hydrogens (tertiary/aromatic N) is 1. The SMILES string of the molecule is CN(c1ccccc1F)C(CN)CC(C)(C)NC(=O)OC(C)(C)C. The van der Waals surface area contributed by atoms with Crippen molar-refractivity contribution in [1.29, 1.82) is 0 Å². The Bertz CT molecular complexity index is 555. The second-order valence-electron chi connectivity index (χ2n) is 7.67. The summed E-state index contributed by atoms with van der Waals surface area (Å²) in [6.45, 7) is 9.57. The van der Waals surface area contributed by atoms with Crippen LogP contribution in [0.2, 0.25) is 0 Å². The molecule has 5 nitrogen and oxygen atoms in total. The molecule has 0 aliphatic heterocycles. The minimum absolute atomic E-state index is 0.133. The summed E-state index contributed by atoms with van der Waals surface area (Å²) in [4.78, 5) is 13.8. The van der Waals surface area contributed by atoms with Crippen molar-refractivity contribution >= 4 is 11.8 Å². The highest BCUT2D eigenvalue weighted by Crippen LogP contribution is 2.23. The molecule has 0 aliphatic rings. The van der Waals surface area contributed by atoms with Crippen molar-refractivity contribution in [1.82, 2.24) is 5.32 Å². The third-order valence-corrected chi connectivity index (χ3v) is 3.64. The molecule has 0 heterocycles. The number of hydrogen-bond donors (Lipinski definition) is 2. The molecule has 1 aromatic rings. The number of halogens is 1. The van der Waals surface area contributed by atoms with Crippen LogP contribution in [-0.4, -0.2) is 36.9 Å². The normalized spacial score (nSPS) is 13.3. The fraction of sp³-hybridized carbons (Fsp3) is 0.611. The minimum atomic E-state index is -0.558. The maximum absolute atomic E-state index is 14.0. The molecular weight excluding hydrogens is 309 g/mol. The highest BCUT2D eigenvalue weighted by molar-refractivity contribution is 5.68. The molecule has 24 heavy (non-hydrogen) atoms. The van der Waals surface area contributed by atoms with Crippen LogP contribution in [0.1, 0.15) is 41.0 Å². The number of carbonyl (C=O) groups excluding carboxylic acids is 1. The first kappa shape index (κ1) is 20.2. The number of carbonyl (C=O) groups is 1. The monoisotopic (exact) mass is 339 g/mol. The molecule has 0 saturated heterocycles. The number of para-hydroxylation sites is 1. The van der Waals surface area contributed by atoms with Crippen molar-refractivity contribution in [2.45, 2.75) is 58.2 Å². The number of likely N-dealkylation sites (N-methyl/N-ethyl adjacent to an activating group) is 1. The van der Waals surface area contributed by atoms with E-state index >= 15 is 0 Å². The summed E-state index contributed by atoms with van der Waals surface area (Å²) in [5.41, 5.74) is 5.27. The average molecular weight is 339 g/mol. The molecule has 1 rings (SSSR count). The van der Waals surface area contributed by atoms with E-state index in [9.17, 15) is 9.18 Å². The molecule has 1 atom stereocenters. The molecule has 1 amide bonds. The molecule has 0 spiro atoms. The zero-order valence-corrected chi connectivity index (χ0v) is 15.5. The van der Waals surface area contributed by atoms with Crippen LogP contribution in [0.5, 0.6) is 0 Å². The van der Waals surface area contributed by atoms with Gasteiger partial charge in [0.1, 0.15) is 11.4 Å². The highest BCUT2D eigenvalue weighted by Gasteiger charge is 2.29. The van der Waals surface area contributed by atoms with Gasteiger partial charge in [0.05, 0.1) is 5.69 Å². The van der Waals surface area contributed by atoms with Gasteiger partial charge in [0, 0.05) is 25.2 Å². The van der Waals surface area contributed by atoms with Crippen LogP contribution in [0.25, 0.3) is 0 Å². The average Bonchev–Trinajstić information content (AvgIpc) is 2.41. The lowest BCUT2D eigenvalue weighted by Gasteiger charge is -2.36. The van der Waals surface area contributed by atoms with Crippen LogP contribution in [0.15, 0.2) is 24.3 Å². The quantitative estimate of drug-likeness (QED) is 0.834. The number of anilines is 1. The van der Waals surface area contributed by atoms with E-state index in [1.165, 1.54) is 6.07 Å². The van der Waals surface area contributed by atoms with Crippen molar-refractivity contribution in [2.75, 3.05) is 18.5 Å². The topological polar surface area (TPSA) is 67.6 Å². The molecule has 0 radical (unpaired) electrons. The van der Waals surface area contributed by atoms with Gasteiger partial charge in [-0.05, 0) is 53.2 Å². The lowest BCUT2D eigenvalue weighted by molar-refractivity contribution is 0.0465. The molecule has 3 N–H and O–H groups in total. The summed E-state index contributed by atoms with van der Waals surface area (Å²) in [5.74, 6) is -0.295. The van der Waals surface area contributed by atoms with Crippen LogP contribution < -0.4 is 16.0 Å². The number of rotatable bonds is 6. The van der Waals surface area contributed by atoms with Crippen molar-refractivity contribution in [3.05, 3.63) is 30.1 Å². The third-order valence-electron chi connectivity index (χ3n) is 3.64. The van der Waals surface area contributed by atoms with Crippen LogP contribution in [0, 0.1) is 5.82 Å². The Morgan fingerprint density at radius 1 is 1.29 bits per heavy atom. The van der Waals surface area contributed by atoms with Crippen LogP contribution >= 0.6 is 0 Å². The third kappa shape index (κ3) is 6.35. The number of benzene rings is 1. The molecule has 6 heteroatoms. The fourth-order valence-corrected chi connectivity index (χ4v) is 2.53. The first-order valence-electron chi connectivity index (χ1n) is 8.14. The summed E-state index contributed by atoms with van der Waals surface area (Å²) in [5, 5.41) is 2.86. The van der Waals surface area contributed by atoms with Crippen LogP contribution in [0.3, 0.4) is 0 Å². The number of nitrogens with two attached hydrogens (primary N) is 1. The van der Waals surface area contributed by atoms with Gasteiger partial charge in [-0.1, -0.05) is 12.1 Å². The van der Waals surface area contributed by atoms with E-state index in [1.807, 2.05) is 39.5 Å². The number of alkyl carbamates (subject to hydrolysis) is 1. The summed E-state index contributed by atoms with van der Waals surface area (Å²) in [7, 11) is 1.81.